The van der Waals surface area contributed by atoms with Gasteiger partial charge in [-0.1, -0.05) is 78.4 Å². The van der Waals surface area contributed by atoms with Crippen LogP contribution in [0.15, 0.2) is 89.3 Å². The second-order valence-corrected chi connectivity index (χ2v) is 5.79. The van der Waals surface area contributed by atoms with E-state index in [-0.39, 0.29) is 0 Å². The van der Waals surface area contributed by atoms with Gasteiger partial charge >= 0.3 is 0 Å². The minimum atomic E-state index is 0.644. The Hall–Kier alpha value is -3.13. The molecule has 0 bridgehead atoms. The van der Waals surface area contributed by atoms with Crippen molar-refractivity contribution < 1.29 is 4.42 Å². The lowest BCUT2D eigenvalue weighted by molar-refractivity contribution is 0.589. The van der Waals surface area contributed by atoms with Crippen LogP contribution in [0.2, 0.25) is 0 Å². The minimum Gasteiger partial charge on any atom is -0.435 e. The third-order valence-electron chi connectivity index (χ3n) is 4.01. The summed E-state index contributed by atoms with van der Waals surface area (Å²) in [6.45, 7) is 2.08. The summed E-state index contributed by atoms with van der Waals surface area (Å²) in [6, 6.07) is 28.5. The molecule has 0 atom stereocenters. The first-order valence-electron chi connectivity index (χ1n) is 8.00. The van der Waals surface area contributed by atoms with Crippen molar-refractivity contribution in [3.8, 4) is 34.0 Å². The molecule has 0 aliphatic rings. The van der Waals surface area contributed by atoms with Crippen LogP contribution in [0.4, 0.5) is 0 Å². The molecule has 0 aliphatic heterocycles. The summed E-state index contributed by atoms with van der Waals surface area (Å²) < 4.78 is 6.17. The Morgan fingerprint density at radius 2 is 1.21 bits per heavy atom. The van der Waals surface area contributed by atoms with Crippen molar-refractivity contribution in [1.29, 1.82) is 0 Å². The van der Waals surface area contributed by atoms with Crippen LogP contribution in [-0.2, 0) is 0 Å². The summed E-state index contributed by atoms with van der Waals surface area (Å²) in [4.78, 5) is 4.78. The van der Waals surface area contributed by atoms with E-state index in [9.17, 15) is 0 Å². The summed E-state index contributed by atoms with van der Waals surface area (Å²) in [5.41, 5.74) is 5.17. The zero-order valence-electron chi connectivity index (χ0n) is 13.4. The number of oxazole rings is 1. The second kappa shape index (κ2) is 6.17. The van der Waals surface area contributed by atoms with Crippen LogP contribution >= 0.6 is 0 Å². The predicted octanol–water partition coefficient (Wildman–Crippen LogP) is 5.98. The van der Waals surface area contributed by atoms with E-state index in [4.69, 9.17) is 9.40 Å². The minimum absolute atomic E-state index is 0.644. The van der Waals surface area contributed by atoms with Crippen LogP contribution in [0.25, 0.3) is 34.0 Å². The van der Waals surface area contributed by atoms with E-state index in [0.29, 0.717) is 5.89 Å². The summed E-state index contributed by atoms with van der Waals surface area (Å²) in [6.07, 6.45) is 0. The molecule has 2 heteroatoms. The van der Waals surface area contributed by atoms with E-state index in [1.807, 2.05) is 48.5 Å². The van der Waals surface area contributed by atoms with Gasteiger partial charge in [-0.3, -0.25) is 0 Å². The average molecular weight is 311 g/mol. The summed E-state index contributed by atoms with van der Waals surface area (Å²) >= 11 is 0. The predicted molar refractivity (Wildman–Crippen MR) is 97.5 cm³/mol. The fraction of sp³-hybridized carbons (Fsp3) is 0.0455. The van der Waals surface area contributed by atoms with Gasteiger partial charge < -0.3 is 4.42 Å². The molecule has 2 nitrogen and oxygen atoms in total. The van der Waals surface area contributed by atoms with Crippen LogP contribution in [0.3, 0.4) is 0 Å². The Balaban J connectivity index is 1.90. The van der Waals surface area contributed by atoms with Gasteiger partial charge in [-0.25, -0.2) is 4.98 Å². The number of hydrogen-bond acceptors (Lipinski definition) is 2. The molecule has 0 saturated carbocycles. The van der Waals surface area contributed by atoms with Crippen LogP contribution in [-0.4, -0.2) is 4.98 Å². The SMILES string of the molecule is Cc1ccc(-c2oc(-c3ccccc3)nc2-c2ccccc2)cc1. The molecule has 0 unspecified atom stereocenters. The first-order valence-corrected chi connectivity index (χ1v) is 8.00. The van der Waals surface area contributed by atoms with Crippen molar-refractivity contribution in [2.45, 2.75) is 6.92 Å². The average Bonchev–Trinajstić information content (AvgIpc) is 3.09. The lowest BCUT2D eigenvalue weighted by Crippen LogP contribution is -1.83. The van der Waals surface area contributed by atoms with Crippen molar-refractivity contribution >= 4 is 0 Å². The lowest BCUT2D eigenvalue weighted by atomic mass is 10.0. The molecule has 3 aromatic carbocycles. The number of rotatable bonds is 3. The maximum absolute atomic E-state index is 6.17. The van der Waals surface area contributed by atoms with Gasteiger partial charge in [-0.2, -0.15) is 0 Å². The lowest BCUT2D eigenvalue weighted by Gasteiger charge is -2.02. The van der Waals surface area contributed by atoms with Gasteiger partial charge in [0, 0.05) is 16.7 Å². The van der Waals surface area contributed by atoms with Crippen molar-refractivity contribution in [3.05, 3.63) is 90.5 Å². The molecule has 1 aromatic heterocycles. The molecular weight excluding hydrogens is 294 g/mol. The highest BCUT2D eigenvalue weighted by Crippen LogP contribution is 2.35. The molecule has 1 heterocycles. The van der Waals surface area contributed by atoms with Gasteiger partial charge in [0.25, 0.3) is 0 Å². The Labute approximate surface area is 141 Å². The third-order valence-corrected chi connectivity index (χ3v) is 4.01. The maximum Gasteiger partial charge on any atom is 0.227 e. The standard InChI is InChI=1S/C22H17NO/c1-16-12-14-18(15-13-16)21-20(17-8-4-2-5-9-17)23-22(24-21)19-10-6-3-7-11-19/h2-15H,1H3. The van der Waals surface area contributed by atoms with Gasteiger partial charge in [0.05, 0.1) is 0 Å². The first kappa shape index (κ1) is 14.5. The van der Waals surface area contributed by atoms with Crippen molar-refractivity contribution in [1.82, 2.24) is 4.98 Å². The Bertz CT molecular complexity index is 938. The van der Waals surface area contributed by atoms with Gasteiger partial charge in [0.2, 0.25) is 5.89 Å². The van der Waals surface area contributed by atoms with E-state index in [1.165, 1.54) is 5.56 Å². The van der Waals surface area contributed by atoms with Crippen LogP contribution in [0.1, 0.15) is 5.56 Å². The summed E-state index contributed by atoms with van der Waals surface area (Å²) in [7, 11) is 0. The van der Waals surface area contributed by atoms with Crippen molar-refractivity contribution in [2.75, 3.05) is 0 Å². The zero-order valence-corrected chi connectivity index (χ0v) is 13.4. The number of aromatic nitrogens is 1. The number of benzene rings is 3. The fourth-order valence-corrected chi connectivity index (χ4v) is 2.72. The molecule has 0 saturated heterocycles. The molecule has 116 valence electrons. The van der Waals surface area contributed by atoms with E-state index in [2.05, 4.69) is 43.3 Å². The highest BCUT2D eigenvalue weighted by atomic mass is 16.4. The zero-order chi connectivity index (χ0) is 16.4. The smallest absolute Gasteiger partial charge is 0.227 e. The second-order valence-electron chi connectivity index (χ2n) is 5.79. The molecule has 24 heavy (non-hydrogen) atoms. The highest BCUT2D eigenvalue weighted by Gasteiger charge is 2.17. The Morgan fingerprint density at radius 3 is 1.83 bits per heavy atom. The molecule has 0 amide bonds. The van der Waals surface area contributed by atoms with E-state index < -0.39 is 0 Å². The number of hydrogen-bond donors (Lipinski definition) is 0. The highest BCUT2D eigenvalue weighted by molar-refractivity contribution is 5.79. The van der Waals surface area contributed by atoms with E-state index in [0.717, 1.165) is 28.1 Å². The largest absolute Gasteiger partial charge is 0.435 e. The fourth-order valence-electron chi connectivity index (χ4n) is 2.72. The molecule has 0 spiro atoms. The maximum atomic E-state index is 6.17. The van der Waals surface area contributed by atoms with Gasteiger partial charge in [-0.15, -0.1) is 0 Å². The van der Waals surface area contributed by atoms with Crippen LogP contribution in [0.5, 0.6) is 0 Å². The van der Waals surface area contributed by atoms with Crippen LogP contribution < -0.4 is 0 Å². The van der Waals surface area contributed by atoms with Crippen molar-refractivity contribution in [3.63, 3.8) is 0 Å². The number of aryl methyl sites for hydroxylation is 1. The topological polar surface area (TPSA) is 26.0 Å². The molecule has 0 N–H and O–H groups in total. The quantitative estimate of drug-likeness (QED) is 0.465. The molecular formula is C22H17NO. The van der Waals surface area contributed by atoms with E-state index in [1.54, 1.807) is 0 Å². The molecule has 4 rings (SSSR count). The Kier molecular flexibility index (Phi) is 3.72. The van der Waals surface area contributed by atoms with Gasteiger partial charge in [-0.05, 0) is 19.1 Å². The van der Waals surface area contributed by atoms with Gasteiger partial charge in [0.15, 0.2) is 5.76 Å². The normalized spacial score (nSPS) is 10.7. The summed E-state index contributed by atoms with van der Waals surface area (Å²) in [5, 5.41) is 0. The summed E-state index contributed by atoms with van der Waals surface area (Å²) in [5.74, 6) is 1.45. The van der Waals surface area contributed by atoms with Crippen LogP contribution in [0, 0.1) is 6.92 Å². The van der Waals surface area contributed by atoms with E-state index >= 15 is 0 Å². The third kappa shape index (κ3) is 2.74. The van der Waals surface area contributed by atoms with Crippen molar-refractivity contribution in [2.24, 2.45) is 0 Å². The molecule has 0 aliphatic carbocycles. The molecule has 0 radical (unpaired) electrons. The first-order chi connectivity index (χ1) is 11.8. The Morgan fingerprint density at radius 1 is 0.625 bits per heavy atom. The molecule has 0 fully saturated rings. The van der Waals surface area contributed by atoms with Gasteiger partial charge in [0.1, 0.15) is 5.69 Å². The number of nitrogens with zero attached hydrogens (tertiary/aromatic N) is 1. The molecule has 4 aromatic rings. The monoisotopic (exact) mass is 311 g/mol.